The molecule has 0 aromatic carbocycles. The molecule has 0 amide bonds. The van der Waals surface area contributed by atoms with Crippen molar-refractivity contribution in [2.45, 2.75) is 32.9 Å². The minimum absolute atomic E-state index is 0.331. The summed E-state index contributed by atoms with van der Waals surface area (Å²) in [6.07, 6.45) is 3.22. The molecule has 16 heavy (non-hydrogen) atoms. The Morgan fingerprint density at radius 1 is 1.44 bits per heavy atom. The average Bonchev–Trinajstić information content (AvgIpc) is 2.16. The molecule has 0 radical (unpaired) electrons. The Bertz CT molecular complexity index is 318. The van der Waals surface area contributed by atoms with Crippen LogP contribution in [0.3, 0.4) is 0 Å². The molecule has 0 spiro atoms. The maximum atomic E-state index is 12.8. The lowest BCUT2D eigenvalue weighted by Crippen LogP contribution is -2.27. The summed E-state index contributed by atoms with van der Waals surface area (Å²) in [4.78, 5) is 3.75. The molecule has 0 aliphatic rings. The highest BCUT2D eigenvalue weighted by molar-refractivity contribution is 5.09. The van der Waals surface area contributed by atoms with Gasteiger partial charge < -0.3 is 10.4 Å². The van der Waals surface area contributed by atoms with Crippen molar-refractivity contribution in [3.63, 3.8) is 0 Å². The van der Waals surface area contributed by atoms with E-state index in [1.807, 2.05) is 0 Å². The fraction of sp³-hybridized carbons (Fsp3) is 0.583. The minimum atomic E-state index is -0.346. The highest BCUT2D eigenvalue weighted by Gasteiger charge is 2.06. The summed E-state index contributed by atoms with van der Waals surface area (Å²) in [5.74, 6) is 0.148. The van der Waals surface area contributed by atoms with Crippen LogP contribution in [0, 0.1) is 11.7 Å². The minimum Gasteiger partial charge on any atom is -0.392 e. The topological polar surface area (TPSA) is 45.1 Å². The van der Waals surface area contributed by atoms with Crippen LogP contribution in [-0.4, -0.2) is 22.7 Å². The highest BCUT2D eigenvalue weighted by Crippen LogP contribution is 2.04. The molecule has 1 atom stereocenters. The third-order valence-corrected chi connectivity index (χ3v) is 2.21. The standard InChI is InChI=1S/C12H19FN2O/c1-9(2)3-12(16)8-15-6-10-4-11(13)7-14-5-10/h4-5,7,9,12,15-16H,3,6,8H2,1-2H3. The maximum absolute atomic E-state index is 12.8. The molecule has 0 saturated heterocycles. The second kappa shape index (κ2) is 6.55. The normalized spacial score (nSPS) is 13.1. The van der Waals surface area contributed by atoms with Gasteiger partial charge in [0.1, 0.15) is 5.82 Å². The van der Waals surface area contributed by atoms with Crippen LogP contribution in [0.5, 0.6) is 0 Å². The average molecular weight is 226 g/mol. The Labute approximate surface area is 95.7 Å². The van der Waals surface area contributed by atoms with Crippen LogP contribution < -0.4 is 5.32 Å². The number of rotatable bonds is 6. The number of aliphatic hydroxyl groups excluding tert-OH is 1. The van der Waals surface area contributed by atoms with Gasteiger partial charge in [-0.1, -0.05) is 13.8 Å². The number of halogens is 1. The van der Waals surface area contributed by atoms with E-state index < -0.39 is 0 Å². The van der Waals surface area contributed by atoms with Gasteiger partial charge in [0.2, 0.25) is 0 Å². The lowest BCUT2D eigenvalue weighted by Gasteiger charge is -2.13. The lowest BCUT2D eigenvalue weighted by atomic mass is 10.1. The van der Waals surface area contributed by atoms with Gasteiger partial charge in [-0.25, -0.2) is 4.39 Å². The first-order valence-corrected chi connectivity index (χ1v) is 5.56. The van der Waals surface area contributed by atoms with Crippen molar-refractivity contribution >= 4 is 0 Å². The number of aliphatic hydroxyl groups is 1. The molecule has 1 aromatic heterocycles. The molecule has 1 heterocycles. The molecule has 1 unspecified atom stereocenters. The number of hydrogen-bond donors (Lipinski definition) is 2. The molecule has 0 fully saturated rings. The number of nitrogens with one attached hydrogen (secondary N) is 1. The van der Waals surface area contributed by atoms with Gasteiger partial charge in [-0.3, -0.25) is 4.98 Å². The van der Waals surface area contributed by atoms with Gasteiger partial charge in [0.05, 0.1) is 12.3 Å². The Balaban J connectivity index is 2.25. The molecule has 3 nitrogen and oxygen atoms in total. The molecule has 4 heteroatoms. The molecule has 1 aromatic rings. The zero-order valence-corrected chi connectivity index (χ0v) is 9.78. The SMILES string of the molecule is CC(C)CC(O)CNCc1cncc(F)c1. The van der Waals surface area contributed by atoms with Crippen molar-refractivity contribution < 1.29 is 9.50 Å². The smallest absolute Gasteiger partial charge is 0.141 e. The van der Waals surface area contributed by atoms with Crippen molar-refractivity contribution in [1.82, 2.24) is 10.3 Å². The van der Waals surface area contributed by atoms with Gasteiger partial charge in [-0.2, -0.15) is 0 Å². The van der Waals surface area contributed by atoms with Crippen molar-refractivity contribution in [3.8, 4) is 0 Å². The summed E-state index contributed by atoms with van der Waals surface area (Å²) in [6, 6.07) is 1.44. The van der Waals surface area contributed by atoms with Gasteiger partial charge in [-0.15, -0.1) is 0 Å². The van der Waals surface area contributed by atoms with Gasteiger partial charge in [0.15, 0.2) is 0 Å². The molecule has 90 valence electrons. The zero-order valence-electron chi connectivity index (χ0n) is 9.78. The van der Waals surface area contributed by atoms with Crippen LogP contribution in [0.1, 0.15) is 25.8 Å². The molecule has 0 aliphatic carbocycles. The van der Waals surface area contributed by atoms with E-state index >= 15 is 0 Å². The van der Waals surface area contributed by atoms with E-state index in [1.54, 1.807) is 6.20 Å². The van der Waals surface area contributed by atoms with Crippen LogP contribution in [0.4, 0.5) is 4.39 Å². The third-order valence-electron chi connectivity index (χ3n) is 2.21. The number of hydrogen-bond acceptors (Lipinski definition) is 3. The van der Waals surface area contributed by atoms with Crippen LogP contribution >= 0.6 is 0 Å². The van der Waals surface area contributed by atoms with Gasteiger partial charge in [0.25, 0.3) is 0 Å². The summed E-state index contributed by atoms with van der Waals surface area (Å²) >= 11 is 0. The number of pyridine rings is 1. The van der Waals surface area contributed by atoms with Crippen molar-refractivity contribution in [1.29, 1.82) is 0 Å². The second-order valence-corrected chi connectivity index (χ2v) is 4.43. The fourth-order valence-electron chi connectivity index (χ4n) is 1.56. The van der Waals surface area contributed by atoms with Crippen LogP contribution in [-0.2, 0) is 6.54 Å². The number of nitrogens with zero attached hydrogens (tertiary/aromatic N) is 1. The zero-order chi connectivity index (χ0) is 12.0. The molecular formula is C12H19FN2O. The van der Waals surface area contributed by atoms with Crippen molar-refractivity contribution in [2.75, 3.05) is 6.54 Å². The number of aromatic nitrogens is 1. The molecule has 2 N–H and O–H groups in total. The van der Waals surface area contributed by atoms with Gasteiger partial charge in [0, 0.05) is 19.3 Å². The third kappa shape index (κ3) is 5.19. The molecule has 0 aliphatic heterocycles. The Hall–Kier alpha value is -1.00. The molecule has 1 rings (SSSR count). The molecular weight excluding hydrogens is 207 g/mol. The monoisotopic (exact) mass is 226 g/mol. The van der Waals surface area contributed by atoms with Crippen molar-refractivity contribution in [2.24, 2.45) is 5.92 Å². The van der Waals surface area contributed by atoms with Gasteiger partial charge in [-0.05, 0) is 24.0 Å². The molecule has 0 saturated carbocycles. The predicted octanol–water partition coefficient (Wildman–Crippen LogP) is 1.72. The van der Waals surface area contributed by atoms with E-state index in [0.29, 0.717) is 19.0 Å². The van der Waals surface area contributed by atoms with Crippen molar-refractivity contribution in [3.05, 3.63) is 29.8 Å². The first-order valence-electron chi connectivity index (χ1n) is 5.56. The van der Waals surface area contributed by atoms with Gasteiger partial charge >= 0.3 is 0 Å². The summed E-state index contributed by atoms with van der Waals surface area (Å²) in [5, 5.41) is 12.7. The Morgan fingerprint density at radius 2 is 2.19 bits per heavy atom. The van der Waals surface area contributed by atoms with E-state index in [4.69, 9.17) is 0 Å². The van der Waals surface area contributed by atoms with E-state index in [0.717, 1.165) is 12.0 Å². The quantitative estimate of drug-likeness (QED) is 0.776. The van der Waals surface area contributed by atoms with Crippen LogP contribution in [0.25, 0.3) is 0 Å². The summed E-state index contributed by atoms with van der Waals surface area (Å²) in [6.45, 7) is 5.19. The predicted molar refractivity (Wildman–Crippen MR) is 61.4 cm³/mol. The van der Waals surface area contributed by atoms with E-state index in [1.165, 1.54) is 12.3 Å². The summed E-state index contributed by atoms with van der Waals surface area (Å²) in [7, 11) is 0. The lowest BCUT2D eigenvalue weighted by molar-refractivity contribution is 0.146. The Kier molecular flexibility index (Phi) is 5.35. The van der Waals surface area contributed by atoms with E-state index in [-0.39, 0.29) is 11.9 Å². The van der Waals surface area contributed by atoms with E-state index in [9.17, 15) is 9.50 Å². The maximum Gasteiger partial charge on any atom is 0.141 e. The van der Waals surface area contributed by atoms with Crippen LogP contribution in [0.15, 0.2) is 18.5 Å². The highest BCUT2D eigenvalue weighted by atomic mass is 19.1. The second-order valence-electron chi connectivity index (χ2n) is 4.43. The first kappa shape index (κ1) is 13.1. The summed E-state index contributed by atoms with van der Waals surface area (Å²) in [5.41, 5.74) is 0.789. The largest absolute Gasteiger partial charge is 0.392 e. The summed E-state index contributed by atoms with van der Waals surface area (Å²) < 4.78 is 12.8. The fourth-order valence-corrected chi connectivity index (χ4v) is 1.56. The molecule has 0 bridgehead atoms. The first-order chi connectivity index (χ1) is 7.58. The Morgan fingerprint density at radius 3 is 2.81 bits per heavy atom. The van der Waals surface area contributed by atoms with E-state index in [2.05, 4.69) is 24.1 Å². The van der Waals surface area contributed by atoms with Crippen LogP contribution in [0.2, 0.25) is 0 Å².